The first-order valence-corrected chi connectivity index (χ1v) is 10.6. The number of para-hydroxylation sites is 3. The van der Waals surface area contributed by atoms with Gasteiger partial charge in [-0.2, -0.15) is 5.10 Å². The van der Waals surface area contributed by atoms with Gasteiger partial charge in [-0.25, -0.2) is 4.68 Å². The third-order valence-electron chi connectivity index (χ3n) is 5.72. The third kappa shape index (κ3) is 4.47. The number of nitrogens with zero attached hydrogens (tertiary/aromatic N) is 5. The fourth-order valence-corrected chi connectivity index (χ4v) is 4.06. The number of nitro benzene ring substituents is 1. The van der Waals surface area contributed by atoms with Gasteiger partial charge in [-0.15, -0.1) is 0 Å². The largest absolute Gasteiger partial charge is 0.363 e. The highest BCUT2D eigenvalue weighted by Gasteiger charge is 2.24. The molecule has 0 atom stereocenters. The standard InChI is InChI=1S/C23H26N6O3/c1-17-23(18(2)28(25-17)19-8-4-3-5-9-19)24-22(30)16-26-12-14-27(15-13-26)20-10-6-7-11-21(20)29(31)32/h3-11H,12-16H2,1-2H3,(H,24,30). The Morgan fingerprint density at radius 1 is 1.03 bits per heavy atom. The maximum atomic E-state index is 12.7. The van der Waals surface area contributed by atoms with Crippen molar-refractivity contribution in [3.63, 3.8) is 0 Å². The molecule has 1 fully saturated rings. The number of anilines is 2. The fraction of sp³-hybridized carbons (Fsp3) is 0.304. The van der Waals surface area contributed by atoms with Crippen molar-refractivity contribution in [3.05, 3.63) is 76.1 Å². The summed E-state index contributed by atoms with van der Waals surface area (Å²) in [6.45, 7) is 6.65. The second-order valence-electron chi connectivity index (χ2n) is 7.85. The van der Waals surface area contributed by atoms with E-state index in [9.17, 15) is 14.9 Å². The first-order chi connectivity index (χ1) is 15.4. The zero-order chi connectivity index (χ0) is 22.7. The number of aryl methyl sites for hydroxylation is 1. The Labute approximate surface area is 186 Å². The highest BCUT2D eigenvalue weighted by atomic mass is 16.6. The van der Waals surface area contributed by atoms with Crippen LogP contribution in [0.4, 0.5) is 17.1 Å². The first kappa shape index (κ1) is 21.5. The molecule has 0 saturated carbocycles. The number of hydrogen-bond donors (Lipinski definition) is 1. The predicted octanol–water partition coefficient (Wildman–Crippen LogP) is 3.16. The van der Waals surface area contributed by atoms with E-state index in [0.29, 0.717) is 31.9 Å². The van der Waals surface area contributed by atoms with E-state index < -0.39 is 0 Å². The molecule has 1 aliphatic rings. The highest BCUT2D eigenvalue weighted by Crippen LogP contribution is 2.28. The number of aromatic nitrogens is 2. The molecule has 0 spiro atoms. The van der Waals surface area contributed by atoms with Gasteiger partial charge in [0.25, 0.3) is 5.69 Å². The number of carbonyl (C=O) groups excluding carboxylic acids is 1. The Kier molecular flexibility index (Phi) is 6.18. The van der Waals surface area contributed by atoms with Crippen molar-refractivity contribution in [2.24, 2.45) is 0 Å². The molecule has 2 heterocycles. The number of carbonyl (C=O) groups is 1. The molecule has 1 N–H and O–H groups in total. The lowest BCUT2D eigenvalue weighted by Crippen LogP contribution is -2.48. The van der Waals surface area contributed by atoms with Gasteiger partial charge in [-0.1, -0.05) is 30.3 Å². The SMILES string of the molecule is Cc1nn(-c2ccccc2)c(C)c1NC(=O)CN1CCN(c2ccccc2[N+](=O)[O-])CC1. The van der Waals surface area contributed by atoms with Crippen molar-refractivity contribution in [3.8, 4) is 5.69 Å². The van der Waals surface area contributed by atoms with Gasteiger partial charge in [0.05, 0.1) is 34.2 Å². The van der Waals surface area contributed by atoms with E-state index in [1.807, 2.05) is 59.8 Å². The summed E-state index contributed by atoms with van der Waals surface area (Å²) in [5, 5.41) is 18.9. The maximum absolute atomic E-state index is 12.7. The summed E-state index contributed by atoms with van der Waals surface area (Å²) < 4.78 is 1.83. The Balaban J connectivity index is 1.37. The van der Waals surface area contributed by atoms with E-state index in [4.69, 9.17) is 0 Å². The molecule has 166 valence electrons. The molecule has 9 nitrogen and oxygen atoms in total. The number of hydrogen-bond acceptors (Lipinski definition) is 6. The van der Waals surface area contributed by atoms with Crippen LogP contribution in [-0.4, -0.2) is 58.2 Å². The average Bonchev–Trinajstić information content (AvgIpc) is 3.08. The molecule has 9 heteroatoms. The monoisotopic (exact) mass is 434 g/mol. The van der Waals surface area contributed by atoms with E-state index in [0.717, 1.165) is 22.8 Å². The Bertz CT molecular complexity index is 1120. The number of rotatable bonds is 6. The topological polar surface area (TPSA) is 96.5 Å². The van der Waals surface area contributed by atoms with Gasteiger partial charge in [-0.05, 0) is 32.0 Å². The number of amides is 1. The van der Waals surface area contributed by atoms with E-state index in [1.54, 1.807) is 12.1 Å². The average molecular weight is 435 g/mol. The molecule has 1 amide bonds. The van der Waals surface area contributed by atoms with Crippen LogP contribution in [0.3, 0.4) is 0 Å². The fourth-order valence-electron chi connectivity index (χ4n) is 4.06. The second kappa shape index (κ2) is 9.19. The van der Waals surface area contributed by atoms with Crippen LogP contribution in [0.1, 0.15) is 11.4 Å². The minimum atomic E-state index is -0.352. The summed E-state index contributed by atoms with van der Waals surface area (Å²) >= 11 is 0. The zero-order valence-electron chi connectivity index (χ0n) is 18.2. The van der Waals surface area contributed by atoms with Crippen molar-refractivity contribution in [1.29, 1.82) is 0 Å². The zero-order valence-corrected chi connectivity index (χ0v) is 18.2. The summed E-state index contributed by atoms with van der Waals surface area (Å²) in [6.07, 6.45) is 0. The van der Waals surface area contributed by atoms with Gasteiger partial charge in [0.1, 0.15) is 5.69 Å². The molecule has 0 bridgehead atoms. The summed E-state index contributed by atoms with van der Waals surface area (Å²) in [6, 6.07) is 16.6. The van der Waals surface area contributed by atoms with Crippen LogP contribution < -0.4 is 10.2 Å². The molecule has 1 saturated heterocycles. The minimum absolute atomic E-state index is 0.0945. The van der Waals surface area contributed by atoms with Crippen LogP contribution >= 0.6 is 0 Å². The second-order valence-corrected chi connectivity index (χ2v) is 7.85. The van der Waals surface area contributed by atoms with Crippen LogP contribution in [0, 0.1) is 24.0 Å². The molecule has 1 aliphatic heterocycles. The van der Waals surface area contributed by atoms with Gasteiger partial charge >= 0.3 is 0 Å². The van der Waals surface area contributed by atoms with Crippen molar-refractivity contribution >= 4 is 23.0 Å². The molecule has 0 aliphatic carbocycles. The number of piperazine rings is 1. The van der Waals surface area contributed by atoms with E-state index >= 15 is 0 Å². The maximum Gasteiger partial charge on any atom is 0.292 e. The van der Waals surface area contributed by atoms with E-state index in [-0.39, 0.29) is 23.1 Å². The molecule has 2 aromatic carbocycles. The van der Waals surface area contributed by atoms with E-state index in [1.165, 1.54) is 6.07 Å². The van der Waals surface area contributed by atoms with Gasteiger partial charge < -0.3 is 10.2 Å². The lowest BCUT2D eigenvalue weighted by Gasteiger charge is -2.35. The minimum Gasteiger partial charge on any atom is -0.363 e. The van der Waals surface area contributed by atoms with Crippen LogP contribution in [0.25, 0.3) is 5.69 Å². The molecule has 32 heavy (non-hydrogen) atoms. The lowest BCUT2D eigenvalue weighted by molar-refractivity contribution is -0.384. The normalized spacial score (nSPS) is 14.4. The van der Waals surface area contributed by atoms with Crippen LogP contribution in [-0.2, 0) is 4.79 Å². The summed E-state index contributed by atoms with van der Waals surface area (Å²) in [7, 11) is 0. The van der Waals surface area contributed by atoms with Crippen LogP contribution in [0.5, 0.6) is 0 Å². The van der Waals surface area contributed by atoms with Crippen LogP contribution in [0.15, 0.2) is 54.6 Å². The first-order valence-electron chi connectivity index (χ1n) is 10.6. The van der Waals surface area contributed by atoms with Crippen LogP contribution in [0.2, 0.25) is 0 Å². The number of nitro groups is 1. The summed E-state index contributed by atoms with van der Waals surface area (Å²) in [5.41, 5.74) is 4.06. The van der Waals surface area contributed by atoms with Gasteiger partial charge in [-0.3, -0.25) is 19.8 Å². The van der Waals surface area contributed by atoms with Crippen molar-refractivity contribution in [2.75, 3.05) is 42.9 Å². The Morgan fingerprint density at radius 2 is 1.69 bits per heavy atom. The summed E-state index contributed by atoms with van der Waals surface area (Å²) in [5.74, 6) is -0.0945. The molecular weight excluding hydrogens is 408 g/mol. The van der Waals surface area contributed by atoms with Crippen molar-refractivity contribution in [2.45, 2.75) is 13.8 Å². The number of benzene rings is 2. The third-order valence-corrected chi connectivity index (χ3v) is 5.72. The van der Waals surface area contributed by atoms with E-state index in [2.05, 4.69) is 15.3 Å². The molecular formula is C23H26N6O3. The van der Waals surface area contributed by atoms with Gasteiger partial charge in [0.2, 0.25) is 5.91 Å². The van der Waals surface area contributed by atoms with Crippen molar-refractivity contribution < 1.29 is 9.72 Å². The smallest absolute Gasteiger partial charge is 0.292 e. The molecule has 1 aromatic heterocycles. The summed E-state index contributed by atoms with van der Waals surface area (Å²) in [4.78, 5) is 27.8. The quantitative estimate of drug-likeness (QED) is 0.473. The molecule has 3 aromatic rings. The Hall–Kier alpha value is -3.72. The van der Waals surface area contributed by atoms with Crippen molar-refractivity contribution in [1.82, 2.24) is 14.7 Å². The molecule has 0 radical (unpaired) electrons. The Morgan fingerprint density at radius 3 is 2.38 bits per heavy atom. The number of nitrogens with one attached hydrogen (secondary N) is 1. The van der Waals surface area contributed by atoms with Gasteiger partial charge in [0, 0.05) is 32.2 Å². The molecule has 0 unspecified atom stereocenters. The van der Waals surface area contributed by atoms with Gasteiger partial charge in [0.15, 0.2) is 0 Å². The highest BCUT2D eigenvalue weighted by molar-refractivity contribution is 5.93. The lowest BCUT2D eigenvalue weighted by atomic mass is 10.2. The predicted molar refractivity (Wildman–Crippen MR) is 123 cm³/mol. The molecule has 4 rings (SSSR count).